The molecule has 2 rings (SSSR count). The van der Waals surface area contributed by atoms with E-state index in [-0.39, 0.29) is 0 Å². The van der Waals surface area contributed by atoms with Gasteiger partial charge in [-0.15, -0.1) is 0 Å². The highest BCUT2D eigenvalue weighted by Crippen LogP contribution is 2.15. The van der Waals surface area contributed by atoms with Crippen molar-refractivity contribution in [2.24, 2.45) is 0 Å². The third-order valence-electron chi connectivity index (χ3n) is 4.17. The Morgan fingerprint density at radius 2 is 1.80 bits per heavy atom. The maximum absolute atomic E-state index is 9.70. The van der Waals surface area contributed by atoms with Crippen molar-refractivity contribution in [3.63, 3.8) is 0 Å². The molecule has 0 saturated heterocycles. The van der Waals surface area contributed by atoms with Crippen LogP contribution in [0.25, 0.3) is 0 Å². The number of pyridine rings is 1. The molecule has 3 heteroatoms. The minimum atomic E-state index is -0.963. The summed E-state index contributed by atoms with van der Waals surface area (Å²) in [6.45, 7) is 9.65. The summed E-state index contributed by atoms with van der Waals surface area (Å²) in [5.74, 6) is 5.86. The summed E-state index contributed by atoms with van der Waals surface area (Å²) in [7, 11) is 0. The molecule has 0 radical (unpaired) electrons. The monoisotopic (exact) mass is 336 g/mol. The lowest BCUT2D eigenvalue weighted by atomic mass is 10.1. The molecule has 132 valence electrons. The molecule has 0 amide bonds. The van der Waals surface area contributed by atoms with Gasteiger partial charge in [0.15, 0.2) is 0 Å². The van der Waals surface area contributed by atoms with Gasteiger partial charge in [0.1, 0.15) is 5.60 Å². The Kier molecular flexibility index (Phi) is 6.75. The number of nitrogens with zero attached hydrogens (tertiary/aromatic N) is 2. The second-order valence-electron chi connectivity index (χ2n) is 7.03. The summed E-state index contributed by atoms with van der Waals surface area (Å²) in [5, 5.41) is 9.70. The average Bonchev–Trinajstić information content (AvgIpc) is 2.60. The molecular weight excluding hydrogens is 308 g/mol. The quantitative estimate of drug-likeness (QED) is 0.810. The van der Waals surface area contributed by atoms with Gasteiger partial charge in [0.2, 0.25) is 0 Å². The second-order valence-corrected chi connectivity index (χ2v) is 7.03. The molecule has 3 nitrogen and oxygen atoms in total. The van der Waals surface area contributed by atoms with Crippen molar-refractivity contribution < 1.29 is 5.11 Å². The number of hydrogen-bond donors (Lipinski definition) is 1. The van der Waals surface area contributed by atoms with Crippen molar-refractivity contribution in [2.45, 2.75) is 58.8 Å². The highest BCUT2D eigenvalue weighted by Gasteiger charge is 2.13. The predicted molar refractivity (Wildman–Crippen MR) is 103 cm³/mol. The number of aliphatic hydroxyl groups is 1. The van der Waals surface area contributed by atoms with Gasteiger partial charge in [-0.1, -0.05) is 37.0 Å². The van der Waals surface area contributed by atoms with Crippen molar-refractivity contribution in [3.8, 4) is 11.8 Å². The molecule has 0 aliphatic carbocycles. The van der Waals surface area contributed by atoms with Crippen LogP contribution in [0.5, 0.6) is 0 Å². The Morgan fingerprint density at radius 3 is 2.36 bits per heavy atom. The molecule has 0 spiro atoms. The van der Waals surface area contributed by atoms with Crippen LogP contribution in [0, 0.1) is 11.8 Å². The van der Waals surface area contributed by atoms with Gasteiger partial charge in [-0.3, -0.25) is 9.88 Å². The average molecular weight is 336 g/mol. The van der Waals surface area contributed by atoms with Crippen LogP contribution >= 0.6 is 0 Å². The summed E-state index contributed by atoms with van der Waals surface area (Å²) in [6.07, 6.45) is 4.85. The molecule has 1 N–H and O–H groups in total. The lowest BCUT2D eigenvalue weighted by Crippen LogP contribution is -2.31. The van der Waals surface area contributed by atoms with E-state index in [0.717, 1.165) is 25.1 Å². The largest absolute Gasteiger partial charge is 0.378 e. The first-order valence-corrected chi connectivity index (χ1v) is 8.85. The molecule has 1 unspecified atom stereocenters. The van der Waals surface area contributed by atoms with Gasteiger partial charge in [-0.25, -0.2) is 0 Å². The van der Waals surface area contributed by atoms with Gasteiger partial charge >= 0.3 is 0 Å². The minimum absolute atomic E-state index is 0.495. The van der Waals surface area contributed by atoms with E-state index in [1.807, 2.05) is 30.6 Å². The third kappa shape index (κ3) is 6.70. The van der Waals surface area contributed by atoms with Crippen LogP contribution in [0.4, 0.5) is 0 Å². The van der Waals surface area contributed by atoms with Crippen LogP contribution in [-0.4, -0.2) is 26.6 Å². The number of hydrogen-bond acceptors (Lipinski definition) is 3. The van der Waals surface area contributed by atoms with Crippen LogP contribution in [0.3, 0.4) is 0 Å². The first-order valence-electron chi connectivity index (χ1n) is 8.85. The zero-order chi connectivity index (χ0) is 18.3. The maximum Gasteiger partial charge on any atom is 0.120 e. The van der Waals surface area contributed by atoms with Crippen LogP contribution in [0.15, 0.2) is 48.8 Å². The first kappa shape index (κ1) is 19.2. The van der Waals surface area contributed by atoms with Crippen LogP contribution in [0.1, 0.15) is 50.8 Å². The Labute approximate surface area is 151 Å². The molecule has 0 saturated carbocycles. The van der Waals surface area contributed by atoms with Gasteiger partial charge in [-0.2, -0.15) is 0 Å². The Bertz CT molecular complexity index is 706. The van der Waals surface area contributed by atoms with E-state index in [1.54, 1.807) is 13.8 Å². The maximum atomic E-state index is 9.70. The van der Waals surface area contributed by atoms with Crippen molar-refractivity contribution in [2.75, 3.05) is 0 Å². The SMILES string of the molecule is CCC(C)N(Cc1ccc(C#CC(C)(C)O)cc1)Cc1cccnc1. The van der Waals surface area contributed by atoms with Gasteiger partial charge < -0.3 is 5.11 Å². The summed E-state index contributed by atoms with van der Waals surface area (Å²) in [4.78, 5) is 6.69. The molecule has 1 aromatic heterocycles. The Balaban J connectivity index is 2.09. The lowest BCUT2D eigenvalue weighted by molar-refractivity contribution is 0.143. The van der Waals surface area contributed by atoms with E-state index < -0.39 is 5.60 Å². The molecule has 0 aliphatic heterocycles. The fraction of sp³-hybridized carbons (Fsp3) is 0.409. The van der Waals surface area contributed by atoms with Crippen molar-refractivity contribution in [3.05, 3.63) is 65.5 Å². The topological polar surface area (TPSA) is 36.4 Å². The molecule has 25 heavy (non-hydrogen) atoms. The standard InChI is InChI=1S/C22H28N2O/c1-5-18(2)24(17-21-7-6-14-23-15-21)16-20-10-8-19(9-11-20)12-13-22(3,4)25/h6-11,14-15,18,25H,5,16-17H2,1-4H3. The summed E-state index contributed by atoms with van der Waals surface area (Å²) in [5.41, 5.74) is 2.46. The van der Waals surface area contributed by atoms with Crippen molar-refractivity contribution in [1.29, 1.82) is 0 Å². The van der Waals surface area contributed by atoms with Gasteiger partial charge in [0.25, 0.3) is 0 Å². The number of rotatable bonds is 6. The minimum Gasteiger partial charge on any atom is -0.378 e. The number of aromatic nitrogens is 1. The fourth-order valence-corrected chi connectivity index (χ4v) is 2.51. The van der Waals surface area contributed by atoms with Crippen LogP contribution < -0.4 is 0 Å². The number of benzene rings is 1. The first-order chi connectivity index (χ1) is 11.9. The van der Waals surface area contributed by atoms with Gasteiger partial charge in [0, 0.05) is 37.1 Å². The van der Waals surface area contributed by atoms with E-state index in [9.17, 15) is 5.11 Å². The Morgan fingerprint density at radius 1 is 1.12 bits per heavy atom. The normalized spacial score (nSPS) is 12.6. The highest BCUT2D eigenvalue weighted by atomic mass is 16.3. The second kappa shape index (κ2) is 8.80. The smallest absolute Gasteiger partial charge is 0.120 e. The summed E-state index contributed by atoms with van der Waals surface area (Å²) in [6, 6.07) is 12.9. The molecule has 1 atom stereocenters. The van der Waals surface area contributed by atoms with Crippen LogP contribution in [0.2, 0.25) is 0 Å². The third-order valence-corrected chi connectivity index (χ3v) is 4.17. The van der Waals surface area contributed by atoms with Gasteiger partial charge in [0.05, 0.1) is 0 Å². The molecule has 1 aromatic carbocycles. The van der Waals surface area contributed by atoms with E-state index in [4.69, 9.17) is 0 Å². The van der Waals surface area contributed by atoms with Crippen molar-refractivity contribution in [1.82, 2.24) is 9.88 Å². The van der Waals surface area contributed by atoms with Crippen molar-refractivity contribution >= 4 is 0 Å². The lowest BCUT2D eigenvalue weighted by Gasteiger charge is -2.28. The van der Waals surface area contributed by atoms with E-state index >= 15 is 0 Å². The predicted octanol–water partition coefficient (Wildman–Crippen LogP) is 4.00. The molecular formula is C22H28N2O. The highest BCUT2D eigenvalue weighted by molar-refractivity contribution is 5.37. The van der Waals surface area contributed by atoms with E-state index in [0.29, 0.717) is 6.04 Å². The van der Waals surface area contributed by atoms with Gasteiger partial charge in [-0.05, 0) is 56.5 Å². The molecule has 0 fully saturated rings. The molecule has 1 heterocycles. The zero-order valence-corrected chi connectivity index (χ0v) is 15.7. The summed E-state index contributed by atoms with van der Waals surface area (Å²) >= 11 is 0. The van der Waals surface area contributed by atoms with E-state index in [1.165, 1.54) is 11.1 Å². The molecule has 0 bridgehead atoms. The van der Waals surface area contributed by atoms with Crippen LogP contribution in [-0.2, 0) is 13.1 Å². The molecule has 2 aromatic rings. The van der Waals surface area contributed by atoms with E-state index in [2.05, 4.69) is 53.8 Å². The molecule has 0 aliphatic rings. The zero-order valence-electron chi connectivity index (χ0n) is 15.7. The summed E-state index contributed by atoms with van der Waals surface area (Å²) < 4.78 is 0. The Hall–Kier alpha value is -2.15. The fourth-order valence-electron chi connectivity index (χ4n) is 2.51.